The summed E-state index contributed by atoms with van der Waals surface area (Å²) in [6.07, 6.45) is 4.43. The van der Waals surface area contributed by atoms with E-state index in [1.54, 1.807) is 0 Å². The van der Waals surface area contributed by atoms with Crippen molar-refractivity contribution in [3.05, 3.63) is 17.7 Å². The van der Waals surface area contributed by atoms with E-state index in [2.05, 4.69) is 42.6 Å². The van der Waals surface area contributed by atoms with Crippen LogP contribution in [0.4, 0.5) is 0 Å². The van der Waals surface area contributed by atoms with Gasteiger partial charge in [-0.3, -0.25) is 0 Å². The first-order valence-electron chi connectivity index (χ1n) is 5.86. The first-order valence-corrected chi connectivity index (χ1v) is 5.86. The molecule has 0 aliphatic rings. The van der Waals surface area contributed by atoms with Gasteiger partial charge in [0.1, 0.15) is 0 Å². The fraction of sp³-hybridized carbons (Fsp3) is 0.750. The number of imidazole rings is 1. The van der Waals surface area contributed by atoms with Crippen molar-refractivity contribution < 1.29 is 0 Å². The molecule has 3 heteroatoms. The molecule has 0 saturated heterocycles. The zero-order valence-electron chi connectivity index (χ0n) is 10.4. The summed E-state index contributed by atoms with van der Waals surface area (Å²) in [6, 6.07) is 0.625. The van der Waals surface area contributed by atoms with Crippen LogP contribution in [-0.2, 0) is 6.54 Å². The molecule has 1 unspecified atom stereocenters. The van der Waals surface area contributed by atoms with Crippen molar-refractivity contribution in [1.29, 1.82) is 0 Å². The third-order valence-electron chi connectivity index (χ3n) is 2.91. The molecular weight excluding hydrogens is 186 g/mol. The minimum Gasteiger partial charge on any atom is -0.333 e. The fourth-order valence-corrected chi connectivity index (χ4v) is 1.74. The maximum Gasteiger partial charge on any atom is 0.0951 e. The van der Waals surface area contributed by atoms with Gasteiger partial charge in [0.2, 0.25) is 0 Å². The Morgan fingerprint density at radius 3 is 2.73 bits per heavy atom. The van der Waals surface area contributed by atoms with E-state index < -0.39 is 0 Å². The lowest BCUT2D eigenvalue weighted by atomic mass is 10.2. The van der Waals surface area contributed by atoms with Crippen LogP contribution in [0.3, 0.4) is 0 Å². The summed E-state index contributed by atoms with van der Waals surface area (Å²) in [5.74, 6) is 0. The van der Waals surface area contributed by atoms with Crippen molar-refractivity contribution in [1.82, 2.24) is 14.9 Å². The Kier molecular flexibility index (Phi) is 4.82. The van der Waals surface area contributed by atoms with Crippen molar-refractivity contribution >= 4 is 0 Å². The Morgan fingerprint density at radius 1 is 1.47 bits per heavy atom. The molecule has 15 heavy (non-hydrogen) atoms. The van der Waals surface area contributed by atoms with E-state index in [0.29, 0.717) is 6.04 Å². The molecule has 1 aromatic heterocycles. The highest BCUT2D eigenvalue weighted by Gasteiger charge is 2.02. The number of nitrogens with one attached hydrogen (secondary N) is 1. The number of rotatable bonds is 6. The molecule has 0 radical (unpaired) electrons. The molecule has 0 spiro atoms. The second-order valence-corrected chi connectivity index (χ2v) is 4.25. The summed E-state index contributed by atoms with van der Waals surface area (Å²) in [7, 11) is 0. The van der Waals surface area contributed by atoms with Crippen LogP contribution in [0.25, 0.3) is 0 Å². The Labute approximate surface area is 92.9 Å². The topological polar surface area (TPSA) is 29.9 Å². The third kappa shape index (κ3) is 3.67. The van der Waals surface area contributed by atoms with E-state index in [4.69, 9.17) is 0 Å². The summed E-state index contributed by atoms with van der Waals surface area (Å²) in [6.45, 7) is 10.7. The summed E-state index contributed by atoms with van der Waals surface area (Å²) < 4.78 is 2.21. The first-order chi connectivity index (χ1) is 7.15. The summed E-state index contributed by atoms with van der Waals surface area (Å²) >= 11 is 0. The first kappa shape index (κ1) is 12.2. The Balaban J connectivity index is 2.29. The van der Waals surface area contributed by atoms with E-state index >= 15 is 0 Å². The van der Waals surface area contributed by atoms with Crippen LogP contribution in [0.2, 0.25) is 0 Å². The van der Waals surface area contributed by atoms with Crippen LogP contribution in [0.15, 0.2) is 6.33 Å². The molecular formula is C12H23N3. The van der Waals surface area contributed by atoms with E-state index in [1.807, 2.05) is 6.33 Å². The standard InChI is InChI=1S/C12H23N3/c1-5-6-10(2)13-7-8-15-9-14-11(3)12(15)4/h9-10,13H,5-8H2,1-4H3. The van der Waals surface area contributed by atoms with Crippen LogP contribution in [0.5, 0.6) is 0 Å². The molecule has 1 heterocycles. The van der Waals surface area contributed by atoms with Gasteiger partial charge in [-0.05, 0) is 27.2 Å². The average Bonchev–Trinajstić information content (AvgIpc) is 2.50. The SMILES string of the molecule is CCCC(C)NCCn1cnc(C)c1C. The van der Waals surface area contributed by atoms with E-state index in [9.17, 15) is 0 Å². The molecule has 0 saturated carbocycles. The van der Waals surface area contributed by atoms with Gasteiger partial charge in [-0.1, -0.05) is 13.3 Å². The van der Waals surface area contributed by atoms with Crippen LogP contribution in [-0.4, -0.2) is 22.1 Å². The van der Waals surface area contributed by atoms with E-state index in [1.165, 1.54) is 18.5 Å². The maximum absolute atomic E-state index is 4.29. The van der Waals surface area contributed by atoms with Gasteiger partial charge >= 0.3 is 0 Å². The number of hydrogen-bond donors (Lipinski definition) is 1. The van der Waals surface area contributed by atoms with E-state index in [0.717, 1.165) is 18.8 Å². The molecule has 0 amide bonds. The van der Waals surface area contributed by atoms with Crippen molar-refractivity contribution in [3.8, 4) is 0 Å². The van der Waals surface area contributed by atoms with Gasteiger partial charge in [-0.25, -0.2) is 4.98 Å². The molecule has 1 N–H and O–H groups in total. The normalized spacial score (nSPS) is 13.1. The molecule has 0 fully saturated rings. The lowest BCUT2D eigenvalue weighted by Crippen LogP contribution is -2.29. The summed E-state index contributed by atoms with van der Waals surface area (Å²) in [4.78, 5) is 4.29. The second-order valence-electron chi connectivity index (χ2n) is 4.25. The van der Waals surface area contributed by atoms with Crippen molar-refractivity contribution in [2.45, 2.75) is 53.1 Å². The molecule has 1 rings (SSSR count). The van der Waals surface area contributed by atoms with Gasteiger partial charge in [0.25, 0.3) is 0 Å². The molecule has 1 atom stereocenters. The minimum absolute atomic E-state index is 0.625. The monoisotopic (exact) mass is 209 g/mol. The van der Waals surface area contributed by atoms with Crippen molar-refractivity contribution in [3.63, 3.8) is 0 Å². The highest BCUT2D eigenvalue weighted by Crippen LogP contribution is 2.03. The highest BCUT2D eigenvalue weighted by atomic mass is 15.1. The van der Waals surface area contributed by atoms with Crippen molar-refractivity contribution in [2.24, 2.45) is 0 Å². The summed E-state index contributed by atoms with van der Waals surface area (Å²) in [5, 5.41) is 3.52. The van der Waals surface area contributed by atoms with Gasteiger partial charge in [-0.15, -0.1) is 0 Å². The molecule has 0 aliphatic carbocycles. The van der Waals surface area contributed by atoms with Crippen LogP contribution in [0.1, 0.15) is 38.1 Å². The van der Waals surface area contributed by atoms with Crippen molar-refractivity contribution in [2.75, 3.05) is 6.54 Å². The molecule has 0 aromatic carbocycles. The molecule has 0 aliphatic heterocycles. The predicted molar refractivity (Wildman–Crippen MR) is 64.1 cm³/mol. The maximum atomic E-state index is 4.29. The quantitative estimate of drug-likeness (QED) is 0.779. The largest absolute Gasteiger partial charge is 0.333 e. The molecule has 1 aromatic rings. The Bertz CT molecular complexity index is 291. The predicted octanol–water partition coefficient (Wildman–Crippen LogP) is 2.28. The highest BCUT2D eigenvalue weighted by molar-refractivity contribution is 5.08. The third-order valence-corrected chi connectivity index (χ3v) is 2.91. The molecule has 86 valence electrons. The van der Waals surface area contributed by atoms with Gasteiger partial charge in [-0.2, -0.15) is 0 Å². The second kappa shape index (κ2) is 5.91. The lowest BCUT2D eigenvalue weighted by molar-refractivity contribution is 0.483. The summed E-state index contributed by atoms with van der Waals surface area (Å²) in [5.41, 5.74) is 2.41. The average molecular weight is 209 g/mol. The minimum atomic E-state index is 0.625. The number of nitrogens with zero attached hydrogens (tertiary/aromatic N) is 2. The smallest absolute Gasteiger partial charge is 0.0951 e. The lowest BCUT2D eigenvalue weighted by Gasteiger charge is -2.13. The van der Waals surface area contributed by atoms with Gasteiger partial charge in [0.15, 0.2) is 0 Å². The number of aromatic nitrogens is 2. The van der Waals surface area contributed by atoms with Crippen LogP contribution >= 0.6 is 0 Å². The Hall–Kier alpha value is -0.830. The van der Waals surface area contributed by atoms with Gasteiger partial charge in [0, 0.05) is 24.8 Å². The van der Waals surface area contributed by atoms with E-state index in [-0.39, 0.29) is 0 Å². The molecule has 0 bridgehead atoms. The van der Waals surface area contributed by atoms with Gasteiger partial charge < -0.3 is 9.88 Å². The van der Waals surface area contributed by atoms with Crippen LogP contribution < -0.4 is 5.32 Å². The number of aryl methyl sites for hydroxylation is 1. The zero-order chi connectivity index (χ0) is 11.3. The molecule has 3 nitrogen and oxygen atoms in total. The fourth-order valence-electron chi connectivity index (χ4n) is 1.74. The van der Waals surface area contributed by atoms with Gasteiger partial charge in [0.05, 0.1) is 12.0 Å². The number of hydrogen-bond acceptors (Lipinski definition) is 2. The Morgan fingerprint density at radius 2 is 2.20 bits per heavy atom. The zero-order valence-corrected chi connectivity index (χ0v) is 10.4. The van der Waals surface area contributed by atoms with Crippen LogP contribution in [0, 0.1) is 13.8 Å².